The Labute approximate surface area is 105 Å². The Balaban J connectivity index is 2.22. The van der Waals surface area contributed by atoms with E-state index < -0.39 is 0 Å². The molecule has 7 nitrogen and oxygen atoms in total. The lowest BCUT2D eigenvalue weighted by atomic mass is 10.2. The van der Waals surface area contributed by atoms with E-state index >= 15 is 0 Å². The second kappa shape index (κ2) is 4.82. The van der Waals surface area contributed by atoms with E-state index in [1.165, 1.54) is 0 Å². The molecular formula is C11H15N5O2. The first-order valence-electron chi connectivity index (χ1n) is 5.33. The van der Waals surface area contributed by atoms with Crippen LogP contribution in [0.4, 0.5) is 5.69 Å². The van der Waals surface area contributed by atoms with Gasteiger partial charge in [0, 0.05) is 25.8 Å². The Hall–Kier alpha value is -2.44. The van der Waals surface area contributed by atoms with Crippen LogP contribution < -0.4 is 25.4 Å². The number of nitrogens with zero attached hydrogens (tertiary/aromatic N) is 2. The minimum absolute atomic E-state index is 0.164. The number of hydrogen-bond donors (Lipinski definition) is 3. The molecule has 0 spiro atoms. The second-order valence-electron chi connectivity index (χ2n) is 3.68. The predicted molar refractivity (Wildman–Crippen MR) is 69.4 cm³/mol. The molecule has 7 heteroatoms. The highest BCUT2D eigenvalue weighted by molar-refractivity contribution is 6.05. The van der Waals surface area contributed by atoms with Gasteiger partial charge in [-0.2, -0.15) is 0 Å². The van der Waals surface area contributed by atoms with E-state index in [9.17, 15) is 0 Å². The molecule has 0 atom stereocenters. The zero-order valence-electron chi connectivity index (χ0n) is 10.2. The summed E-state index contributed by atoms with van der Waals surface area (Å²) in [6, 6.07) is 5.55. The summed E-state index contributed by atoms with van der Waals surface area (Å²) in [4.78, 5) is 5.80. The zero-order valence-corrected chi connectivity index (χ0v) is 10.2. The topological polar surface area (TPSA) is 96.0 Å². The Kier molecular flexibility index (Phi) is 3.22. The van der Waals surface area contributed by atoms with Crippen molar-refractivity contribution < 1.29 is 9.47 Å². The van der Waals surface area contributed by atoms with Gasteiger partial charge in [0.15, 0.2) is 17.5 Å². The molecule has 0 saturated heterocycles. The van der Waals surface area contributed by atoms with Crippen molar-refractivity contribution in [1.29, 1.82) is 5.41 Å². The summed E-state index contributed by atoms with van der Waals surface area (Å²) in [5, 5.41) is 9.88. The standard InChI is InChI=1S/C11H15N5O2/c1-14-11(15-10(12)13)16(2)7-3-4-8-9(5-7)18-6-17-8/h3-5H,6H2,1-2H3,(H4,12,13,14,15). The molecule has 0 saturated carbocycles. The van der Waals surface area contributed by atoms with Crippen LogP contribution >= 0.6 is 0 Å². The van der Waals surface area contributed by atoms with E-state index in [1.807, 2.05) is 25.2 Å². The second-order valence-corrected chi connectivity index (χ2v) is 3.68. The van der Waals surface area contributed by atoms with Crippen molar-refractivity contribution >= 4 is 17.6 Å². The summed E-state index contributed by atoms with van der Waals surface area (Å²) in [6.07, 6.45) is 0. The van der Waals surface area contributed by atoms with Gasteiger partial charge in [0.25, 0.3) is 0 Å². The summed E-state index contributed by atoms with van der Waals surface area (Å²) in [7, 11) is 3.44. The number of guanidine groups is 2. The molecule has 0 bridgehead atoms. The molecule has 18 heavy (non-hydrogen) atoms. The lowest BCUT2D eigenvalue weighted by Crippen LogP contribution is -2.45. The Morgan fingerprint density at radius 1 is 1.44 bits per heavy atom. The van der Waals surface area contributed by atoms with Crippen LogP contribution in [0.3, 0.4) is 0 Å². The first kappa shape index (κ1) is 12.0. The third-order valence-corrected chi connectivity index (χ3v) is 2.52. The van der Waals surface area contributed by atoms with E-state index in [4.69, 9.17) is 20.6 Å². The Morgan fingerprint density at radius 3 is 2.83 bits per heavy atom. The van der Waals surface area contributed by atoms with Gasteiger partial charge in [0.1, 0.15) is 0 Å². The molecule has 2 rings (SSSR count). The van der Waals surface area contributed by atoms with Gasteiger partial charge in [-0.15, -0.1) is 0 Å². The third-order valence-electron chi connectivity index (χ3n) is 2.52. The summed E-state index contributed by atoms with van der Waals surface area (Å²) in [5.74, 6) is 1.73. The molecule has 0 aromatic heterocycles. The first-order valence-corrected chi connectivity index (χ1v) is 5.33. The number of benzene rings is 1. The average Bonchev–Trinajstić information content (AvgIpc) is 2.81. The van der Waals surface area contributed by atoms with Crippen molar-refractivity contribution in [2.75, 3.05) is 25.8 Å². The SMILES string of the molecule is C/N=C(/NC(=N)N)N(C)c1ccc2c(c1)OCO2. The molecular weight excluding hydrogens is 234 g/mol. The van der Waals surface area contributed by atoms with Gasteiger partial charge >= 0.3 is 0 Å². The summed E-state index contributed by atoms with van der Waals surface area (Å²) >= 11 is 0. The summed E-state index contributed by atoms with van der Waals surface area (Å²) in [6.45, 7) is 0.239. The van der Waals surface area contributed by atoms with Crippen LogP contribution in [-0.2, 0) is 0 Å². The van der Waals surface area contributed by atoms with Crippen molar-refractivity contribution in [2.24, 2.45) is 10.7 Å². The highest BCUT2D eigenvalue weighted by atomic mass is 16.7. The van der Waals surface area contributed by atoms with E-state index in [0.29, 0.717) is 11.7 Å². The monoisotopic (exact) mass is 249 g/mol. The molecule has 1 aromatic carbocycles. The minimum Gasteiger partial charge on any atom is -0.454 e. The predicted octanol–water partition coefficient (Wildman–Crippen LogP) is 0.320. The fourth-order valence-corrected chi connectivity index (χ4v) is 1.63. The number of rotatable bonds is 1. The number of hydrogen-bond acceptors (Lipinski definition) is 4. The zero-order chi connectivity index (χ0) is 13.1. The molecule has 0 amide bonds. The van der Waals surface area contributed by atoms with Gasteiger partial charge in [0.2, 0.25) is 12.8 Å². The molecule has 1 aliphatic rings. The molecule has 4 N–H and O–H groups in total. The molecule has 0 fully saturated rings. The molecule has 0 radical (unpaired) electrons. The highest BCUT2D eigenvalue weighted by Crippen LogP contribution is 2.35. The van der Waals surface area contributed by atoms with Crippen molar-refractivity contribution in [2.45, 2.75) is 0 Å². The van der Waals surface area contributed by atoms with Crippen molar-refractivity contribution in [3.05, 3.63) is 18.2 Å². The number of ether oxygens (including phenoxy) is 2. The molecule has 1 aliphatic heterocycles. The quantitative estimate of drug-likeness (QED) is 0.492. The number of aliphatic imine (C=N–C) groups is 1. The lowest BCUT2D eigenvalue weighted by Gasteiger charge is -2.21. The van der Waals surface area contributed by atoms with Crippen LogP contribution in [0.5, 0.6) is 11.5 Å². The van der Waals surface area contributed by atoms with Crippen LogP contribution in [-0.4, -0.2) is 32.8 Å². The van der Waals surface area contributed by atoms with Crippen LogP contribution in [0.15, 0.2) is 23.2 Å². The summed E-state index contributed by atoms with van der Waals surface area (Å²) in [5.41, 5.74) is 6.15. The van der Waals surface area contributed by atoms with Gasteiger partial charge in [-0.25, -0.2) is 0 Å². The van der Waals surface area contributed by atoms with Crippen molar-refractivity contribution in [1.82, 2.24) is 5.32 Å². The Bertz CT molecular complexity index is 500. The van der Waals surface area contributed by atoms with Crippen LogP contribution in [0.2, 0.25) is 0 Å². The molecule has 0 unspecified atom stereocenters. The number of nitrogens with two attached hydrogens (primary N) is 1. The molecule has 1 aromatic rings. The van der Waals surface area contributed by atoms with Gasteiger partial charge in [0.05, 0.1) is 0 Å². The van der Waals surface area contributed by atoms with Gasteiger partial charge in [-0.3, -0.25) is 15.7 Å². The maximum atomic E-state index is 7.22. The van der Waals surface area contributed by atoms with E-state index in [1.54, 1.807) is 11.9 Å². The molecule has 96 valence electrons. The normalized spacial score (nSPS) is 13.3. The van der Waals surface area contributed by atoms with Crippen molar-refractivity contribution in [3.63, 3.8) is 0 Å². The maximum Gasteiger partial charge on any atom is 0.231 e. The van der Waals surface area contributed by atoms with Crippen molar-refractivity contribution in [3.8, 4) is 11.5 Å². The van der Waals surface area contributed by atoms with E-state index in [0.717, 1.165) is 11.4 Å². The van der Waals surface area contributed by atoms with E-state index in [-0.39, 0.29) is 12.8 Å². The smallest absolute Gasteiger partial charge is 0.231 e. The van der Waals surface area contributed by atoms with Gasteiger partial charge in [-0.05, 0) is 12.1 Å². The average molecular weight is 249 g/mol. The first-order chi connectivity index (χ1) is 8.61. The number of nitrogens with one attached hydrogen (secondary N) is 2. The minimum atomic E-state index is -0.164. The van der Waals surface area contributed by atoms with Gasteiger partial charge < -0.3 is 20.1 Å². The maximum absolute atomic E-state index is 7.22. The molecule has 0 aliphatic carbocycles. The lowest BCUT2D eigenvalue weighted by molar-refractivity contribution is 0.174. The van der Waals surface area contributed by atoms with Crippen LogP contribution in [0.1, 0.15) is 0 Å². The third kappa shape index (κ3) is 2.29. The number of anilines is 1. The highest BCUT2D eigenvalue weighted by Gasteiger charge is 2.16. The fourth-order valence-electron chi connectivity index (χ4n) is 1.63. The fraction of sp³-hybridized carbons (Fsp3) is 0.273. The molecule has 1 heterocycles. The Morgan fingerprint density at radius 2 is 2.17 bits per heavy atom. The van der Waals surface area contributed by atoms with Crippen LogP contribution in [0.25, 0.3) is 0 Å². The largest absolute Gasteiger partial charge is 0.454 e. The van der Waals surface area contributed by atoms with Gasteiger partial charge in [-0.1, -0.05) is 0 Å². The number of fused-ring (bicyclic) bond motifs is 1. The van der Waals surface area contributed by atoms with E-state index in [2.05, 4.69) is 10.3 Å². The van der Waals surface area contributed by atoms with Crippen LogP contribution in [0, 0.1) is 5.41 Å². The summed E-state index contributed by atoms with van der Waals surface area (Å²) < 4.78 is 10.6.